The summed E-state index contributed by atoms with van der Waals surface area (Å²) in [6.45, 7) is 4.15. The molecule has 1 aromatic heterocycles. The Hall–Kier alpha value is -1.85. The Morgan fingerprint density at radius 3 is 2.45 bits per heavy atom. The molecule has 5 heteroatoms. The molecule has 1 aromatic carbocycles. The van der Waals surface area contributed by atoms with Gasteiger partial charge in [0.2, 0.25) is 0 Å². The zero-order chi connectivity index (χ0) is 16.0. The van der Waals surface area contributed by atoms with Crippen LogP contribution in [0.25, 0.3) is 0 Å². The number of carbonyl (C=O) groups excluding carboxylic acids is 1. The van der Waals surface area contributed by atoms with Crippen molar-refractivity contribution >= 4 is 22.9 Å². The van der Waals surface area contributed by atoms with Crippen LogP contribution < -0.4 is 10.1 Å². The van der Waals surface area contributed by atoms with Crippen molar-refractivity contribution in [1.82, 2.24) is 0 Å². The summed E-state index contributed by atoms with van der Waals surface area (Å²) in [5, 5.41) is 14.9. The van der Waals surface area contributed by atoms with E-state index in [2.05, 4.69) is 5.32 Å². The molecule has 2 N–H and O–H groups in total. The molecule has 0 atom stereocenters. The van der Waals surface area contributed by atoms with Crippen molar-refractivity contribution in [1.29, 1.82) is 0 Å². The van der Waals surface area contributed by atoms with Crippen LogP contribution in [0.3, 0.4) is 0 Å². The Morgan fingerprint density at radius 2 is 1.91 bits per heavy atom. The summed E-state index contributed by atoms with van der Waals surface area (Å²) in [5.74, 6) is 0.560. The summed E-state index contributed by atoms with van der Waals surface area (Å²) in [6, 6.07) is 10.8. The first-order valence-corrected chi connectivity index (χ1v) is 8.24. The molecule has 4 nitrogen and oxygen atoms in total. The van der Waals surface area contributed by atoms with Gasteiger partial charge < -0.3 is 15.2 Å². The van der Waals surface area contributed by atoms with Crippen LogP contribution in [0.1, 0.15) is 36.4 Å². The normalized spacial score (nSPS) is 11.2. The molecule has 118 valence electrons. The minimum atomic E-state index is -0.786. The molecule has 0 aliphatic rings. The Labute approximate surface area is 134 Å². The topological polar surface area (TPSA) is 58.6 Å². The highest BCUT2D eigenvalue weighted by atomic mass is 32.1. The van der Waals surface area contributed by atoms with Crippen LogP contribution in [0.4, 0.5) is 5.69 Å². The molecule has 2 aromatic rings. The number of benzene rings is 1. The monoisotopic (exact) mass is 319 g/mol. The highest BCUT2D eigenvalue weighted by Gasteiger charge is 2.23. The van der Waals surface area contributed by atoms with Crippen molar-refractivity contribution in [2.45, 2.75) is 32.3 Å². The molecule has 0 unspecified atom stereocenters. The van der Waals surface area contributed by atoms with Crippen LogP contribution in [0.2, 0.25) is 0 Å². The third-order valence-corrected chi connectivity index (χ3v) is 4.55. The van der Waals surface area contributed by atoms with Crippen molar-refractivity contribution in [2.24, 2.45) is 0 Å². The van der Waals surface area contributed by atoms with E-state index < -0.39 is 5.60 Å². The van der Waals surface area contributed by atoms with Gasteiger partial charge in [0, 0.05) is 5.69 Å². The van der Waals surface area contributed by atoms with E-state index in [1.807, 2.05) is 25.3 Å². The van der Waals surface area contributed by atoms with Crippen molar-refractivity contribution in [2.75, 3.05) is 11.9 Å². The minimum Gasteiger partial charge on any atom is -0.491 e. The zero-order valence-electron chi connectivity index (χ0n) is 12.8. The van der Waals surface area contributed by atoms with Gasteiger partial charge in [-0.3, -0.25) is 4.79 Å². The van der Waals surface area contributed by atoms with Gasteiger partial charge in [0.1, 0.15) is 12.4 Å². The number of amides is 1. The molecule has 0 spiro atoms. The van der Waals surface area contributed by atoms with Crippen LogP contribution in [0, 0.1) is 0 Å². The van der Waals surface area contributed by atoms with E-state index in [9.17, 15) is 9.90 Å². The summed E-state index contributed by atoms with van der Waals surface area (Å²) in [6.07, 6.45) is 1.30. The zero-order valence-corrected chi connectivity index (χ0v) is 13.7. The van der Waals surface area contributed by atoms with Gasteiger partial charge in [-0.25, -0.2) is 0 Å². The lowest BCUT2D eigenvalue weighted by molar-refractivity contribution is -0.0113. The lowest BCUT2D eigenvalue weighted by Gasteiger charge is -2.25. The first kappa shape index (κ1) is 16.5. The van der Waals surface area contributed by atoms with Gasteiger partial charge in [-0.2, -0.15) is 0 Å². The number of carbonyl (C=O) groups is 1. The molecular formula is C17H21NO3S. The average Bonchev–Trinajstić information content (AvgIpc) is 3.08. The molecule has 1 heterocycles. The number of ether oxygens (including phenoxy) is 1. The third-order valence-electron chi connectivity index (χ3n) is 3.68. The second kappa shape index (κ2) is 7.42. The van der Waals surface area contributed by atoms with Crippen LogP contribution in [-0.4, -0.2) is 23.2 Å². The molecule has 0 saturated heterocycles. The van der Waals surface area contributed by atoms with Gasteiger partial charge >= 0.3 is 0 Å². The van der Waals surface area contributed by atoms with E-state index in [1.165, 1.54) is 11.3 Å². The minimum absolute atomic E-state index is 0.116. The maximum Gasteiger partial charge on any atom is 0.265 e. The molecule has 0 aliphatic carbocycles. The van der Waals surface area contributed by atoms with E-state index >= 15 is 0 Å². The second-order valence-corrected chi connectivity index (χ2v) is 6.12. The summed E-state index contributed by atoms with van der Waals surface area (Å²) in [4.78, 5) is 12.6. The van der Waals surface area contributed by atoms with Gasteiger partial charge in [-0.05, 0) is 48.6 Å². The number of hydrogen-bond acceptors (Lipinski definition) is 4. The first-order valence-electron chi connectivity index (χ1n) is 7.36. The Kier molecular flexibility index (Phi) is 5.57. The number of nitrogens with one attached hydrogen (secondary N) is 1. The summed E-state index contributed by atoms with van der Waals surface area (Å²) in [5.41, 5.74) is -0.0708. The van der Waals surface area contributed by atoms with Crippen LogP contribution in [-0.2, 0) is 0 Å². The van der Waals surface area contributed by atoms with Crippen molar-refractivity contribution in [3.63, 3.8) is 0 Å². The van der Waals surface area contributed by atoms with E-state index in [0.29, 0.717) is 29.2 Å². The summed E-state index contributed by atoms with van der Waals surface area (Å²) >= 11 is 1.40. The number of anilines is 1. The van der Waals surface area contributed by atoms with Crippen molar-refractivity contribution in [3.8, 4) is 5.75 Å². The number of aliphatic hydroxyl groups is 1. The Morgan fingerprint density at radius 1 is 1.23 bits per heavy atom. The van der Waals surface area contributed by atoms with Gasteiger partial charge in [0.25, 0.3) is 5.91 Å². The highest BCUT2D eigenvalue weighted by molar-refractivity contribution is 7.12. The van der Waals surface area contributed by atoms with E-state index in [1.54, 1.807) is 30.3 Å². The molecule has 1 amide bonds. The standard InChI is InChI=1S/C17H21NO3S/c1-3-17(20,4-2)12-21-14-9-7-13(8-10-14)18-16(19)15-6-5-11-22-15/h5-11,20H,3-4,12H2,1-2H3,(H,18,19). The Bertz CT molecular complexity index is 589. The van der Waals surface area contributed by atoms with Gasteiger partial charge in [-0.1, -0.05) is 19.9 Å². The van der Waals surface area contributed by atoms with Gasteiger partial charge in [0.15, 0.2) is 0 Å². The van der Waals surface area contributed by atoms with E-state index in [0.717, 1.165) is 0 Å². The molecule has 2 rings (SSSR count). The predicted octanol–water partition coefficient (Wildman–Crippen LogP) is 3.93. The number of thiophene rings is 1. The van der Waals surface area contributed by atoms with Gasteiger partial charge in [0.05, 0.1) is 10.5 Å². The molecule has 0 radical (unpaired) electrons. The fourth-order valence-electron chi connectivity index (χ4n) is 1.91. The van der Waals surface area contributed by atoms with Crippen LogP contribution >= 0.6 is 11.3 Å². The number of hydrogen-bond donors (Lipinski definition) is 2. The third kappa shape index (κ3) is 4.32. The molecule has 0 fully saturated rings. The van der Waals surface area contributed by atoms with Crippen molar-refractivity contribution < 1.29 is 14.6 Å². The quantitative estimate of drug-likeness (QED) is 0.813. The summed E-state index contributed by atoms with van der Waals surface area (Å²) in [7, 11) is 0. The lowest BCUT2D eigenvalue weighted by Crippen LogP contribution is -2.34. The van der Waals surface area contributed by atoms with E-state index in [-0.39, 0.29) is 12.5 Å². The maximum atomic E-state index is 11.9. The predicted molar refractivity (Wildman–Crippen MR) is 89.7 cm³/mol. The largest absolute Gasteiger partial charge is 0.491 e. The molecule has 0 bridgehead atoms. The Balaban J connectivity index is 1.92. The van der Waals surface area contributed by atoms with Crippen molar-refractivity contribution in [3.05, 3.63) is 46.7 Å². The van der Waals surface area contributed by atoms with Crippen LogP contribution in [0.5, 0.6) is 5.75 Å². The highest BCUT2D eigenvalue weighted by Crippen LogP contribution is 2.21. The fraction of sp³-hybridized carbons (Fsp3) is 0.353. The smallest absolute Gasteiger partial charge is 0.265 e. The van der Waals surface area contributed by atoms with Crippen LogP contribution in [0.15, 0.2) is 41.8 Å². The fourth-order valence-corrected chi connectivity index (χ4v) is 2.53. The molecular weight excluding hydrogens is 298 g/mol. The molecule has 0 saturated carbocycles. The number of rotatable bonds is 7. The summed E-state index contributed by atoms with van der Waals surface area (Å²) < 4.78 is 5.62. The SMILES string of the molecule is CCC(O)(CC)COc1ccc(NC(=O)c2cccs2)cc1. The maximum absolute atomic E-state index is 11.9. The van der Waals surface area contributed by atoms with E-state index in [4.69, 9.17) is 4.74 Å². The van der Waals surface area contributed by atoms with Gasteiger partial charge in [-0.15, -0.1) is 11.3 Å². The lowest BCUT2D eigenvalue weighted by atomic mass is 9.99. The molecule has 0 aliphatic heterocycles. The second-order valence-electron chi connectivity index (χ2n) is 5.18. The molecule has 22 heavy (non-hydrogen) atoms. The average molecular weight is 319 g/mol. The first-order chi connectivity index (χ1) is 10.6.